The number of aliphatic carboxylic acids is 1. The molecular formula is C12H14N3O3S3+. The highest BCUT2D eigenvalue weighted by molar-refractivity contribution is 8.01. The Kier molecular flexibility index (Phi) is 3.87. The molecule has 1 amide bonds. The lowest BCUT2D eigenvalue weighted by Crippen LogP contribution is -2.78. The maximum Gasteiger partial charge on any atom is 0.390 e. The summed E-state index contributed by atoms with van der Waals surface area (Å²) < 4.78 is 4.88. The maximum atomic E-state index is 12.1. The van der Waals surface area contributed by atoms with E-state index in [0.29, 0.717) is 11.5 Å². The summed E-state index contributed by atoms with van der Waals surface area (Å²) in [5.74, 6) is -0.0832. The van der Waals surface area contributed by atoms with Crippen LogP contribution in [0.15, 0.2) is 27.7 Å². The van der Waals surface area contributed by atoms with Crippen LogP contribution in [0.1, 0.15) is 0 Å². The van der Waals surface area contributed by atoms with E-state index < -0.39 is 12.0 Å². The minimum absolute atomic E-state index is 0.180. The lowest BCUT2D eigenvalue weighted by molar-refractivity contribution is -0.834. The fourth-order valence-electron chi connectivity index (χ4n) is 2.77. The number of aromatic nitrogens is 1. The van der Waals surface area contributed by atoms with Crippen LogP contribution >= 0.6 is 35.1 Å². The predicted octanol–water partition coefficient (Wildman–Crippen LogP) is 0.961. The highest BCUT2D eigenvalue weighted by atomic mass is 32.2. The second-order valence-corrected chi connectivity index (χ2v) is 8.23. The normalized spacial score (nSPS) is 31.8. The lowest BCUT2D eigenvalue weighted by atomic mass is 9.99. The van der Waals surface area contributed by atoms with Crippen LogP contribution in [-0.2, 0) is 9.59 Å². The van der Waals surface area contributed by atoms with E-state index in [0.717, 1.165) is 9.78 Å². The average molecular weight is 344 g/mol. The van der Waals surface area contributed by atoms with E-state index in [2.05, 4.69) is 4.37 Å². The van der Waals surface area contributed by atoms with E-state index in [-0.39, 0.29) is 21.5 Å². The first-order valence-corrected chi connectivity index (χ1v) is 9.04. The van der Waals surface area contributed by atoms with Crippen molar-refractivity contribution in [1.82, 2.24) is 4.37 Å². The highest BCUT2D eigenvalue weighted by Crippen LogP contribution is 2.46. The molecule has 2 unspecified atom stereocenters. The van der Waals surface area contributed by atoms with E-state index in [4.69, 9.17) is 5.73 Å². The maximum absolute atomic E-state index is 12.1. The van der Waals surface area contributed by atoms with E-state index in [1.54, 1.807) is 36.8 Å². The fourth-order valence-corrected chi connectivity index (χ4v) is 5.91. The van der Waals surface area contributed by atoms with Gasteiger partial charge in [-0.05, 0) is 17.6 Å². The van der Waals surface area contributed by atoms with Crippen LogP contribution in [0.25, 0.3) is 0 Å². The molecule has 0 saturated carbocycles. The number of likely N-dealkylation sites (N-methyl/N-ethyl adjacent to an activating group) is 1. The van der Waals surface area contributed by atoms with Crippen molar-refractivity contribution in [3.8, 4) is 0 Å². The number of carbonyl (C=O) groups is 2. The Morgan fingerprint density at radius 1 is 1.67 bits per heavy atom. The number of nitrogens with zero attached hydrogens (tertiary/aromatic N) is 2. The summed E-state index contributed by atoms with van der Waals surface area (Å²) in [6.45, 7) is 0. The Morgan fingerprint density at radius 2 is 2.43 bits per heavy atom. The number of thioether (sulfide) groups is 2. The van der Waals surface area contributed by atoms with Gasteiger partial charge in [-0.25, -0.2) is 18.4 Å². The first-order valence-electron chi connectivity index (χ1n) is 6.23. The molecule has 1 aromatic rings. The third kappa shape index (κ3) is 2.23. The monoisotopic (exact) mass is 344 g/mol. The Hall–Kier alpha value is -0.870. The zero-order valence-corrected chi connectivity index (χ0v) is 13.6. The Bertz CT molecular complexity index is 631. The van der Waals surface area contributed by atoms with Crippen molar-refractivity contribution in [2.24, 2.45) is 5.73 Å². The topological polar surface area (TPSA) is 93.3 Å². The van der Waals surface area contributed by atoms with Crippen LogP contribution in [0.5, 0.6) is 0 Å². The minimum atomic E-state index is -1.03. The molecule has 3 atom stereocenters. The van der Waals surface area contributed by atoms with Gasteiger partial charge in [0.1, 0.15) is 0 Å². The molecule has 1 aromatic heterocycles. The van der Waals surface area contributed by atoms with Crippen LogP contribution in [0.4, 0.5) is 0 Å². The molecule has 112 valence electrons. The number of amides is 1. The van der Waals surface area contributed by atoms with Crippen LogP contribution in [0.2, 0.25) is 0 Å². The molecule has 3 rings (SSSR count). The molecule has 6 nitrogen and oxygen atoms in total. The van der Waals surface area contributed by atoms with Gasteiger partial charge < -0.3 is 10.8 Å². The van der Waals surface area contributed by atoms with Crippen LogP contribution in [0.3, 0.4) is 0 Å². The number of fused-ring (bicyclic) bond motifs is 1. The molecule has 2 aliphatic heterocycles. The van der Waals surface area contributed by atoms with Crippen molar-refractivity contribution in [2.75, 3.05) is 18.6 Å². The number of carboxylic acid groups (broad SMARTS) is 1. The van der Waals surface area contributed by atoms with Crippen LogP contribution in [0, 0.1) is 0 Å². The van der Waals surface area contributed by atoms with Gasteiger partial charge in [0.25, 0.3) is 0 Å². The Balaban J connectivity index is 1.91. The summed E-state index contributed by atoms with van der Waals surface area (Å²) in [5, 5.41) is 9.38. The fraction of sp³-hybridized carbons (Fsp3) is 0.417. The molecule has 0 aliphatic carbocycles. The number of β-lactam (4-membered cyclic amide) rings is 1. The van der Waals surface area contributed by atoms with Gasteiger partial charge >= 0.3 is 11.9 Å². The molecule has 3 N–H and O–H groups in total. The summed E-state index contributed by atoms with van der Waals surface area (Å²) in [6.07, 6.45) is 1.72. The first-order chi connectivity index (χ1) is 9.96. The van der Waals surface area contributed by atoms with Crippen molar-refractivity contribution in [1.29, 1.82) is 0 Å². The Labute approximate surface area is 134 Å². The molecule has 2 aliphatic rings. The lowest BCUT2D eigenvalue weighted by Gasteiger charge is -2.51. The summed E-state index contributed by atoms with van der Waals surface area (Å²) >= 11 is 4.50. The van der Waals surface area contributed by atoms with Gasteiger partial charge in [-0.2, -0.15) is 0 Å². The SMILES string of the molecule is C[N+]12C(=O)C(N)[C@@H]1SCC(CSc1ccns1)=C2C(=O)O. The first kappa shape index (κ1) is 15.0. The molecule has 0 radical (unpaired) electrons. The van der Waals surface area contributed by atoms with Gasteiger partial charge in [0.2, 0.25) is 5.70 Å². The largest absolute Gasteiger partial charge is 0.474 e. The molecule has 0 bridgehead atoms. The minimum Gasteiger partial charge on any atom is -0.474 e. The number of carbonyl (C=O) groups excluding carboxylic acids is 1. The average Bonchev–Trinajstić information content (AvgIpc) is 2.96. The van der Waals surface area contributed by atoms with Gasteiger partial charge in [0, 0.05) is 23.3 Å². The molecular weight excluding hydrogens is 330 g/mol. The zero-order chi connectivity index (χ0) is 15.2. The quantitative estimate of drug-likeness (QED) is 0.477. The highest BCUT2D eigenvalue weighted by Gasteiger charge is 2.66. The van der Waals surface area contributed by atoms with E-state index >= 15 is 0 Å². The molecule has 9 heteroatoms. The van der Waals surface area contributed by atoms with Gasteiger partial charge in [0.05, 0.1) is 11.3 Å². The zero-order valence-electron chi connectivity index (χ0n) is 11.2. The number of hydrogen-bond acceptors (Lipinski definition) is 7. The van der Waals surface area contributed by atoms with Crippen LogP contribution in [-0.4, -0.2) is 55.8 Å². The standard InChI is InChI=1S/C12H13N3O3S3/c1-15-9(12(17)18)6(4-19-7-2-3-14-21-7)5-20-11(15)8(13)10(15)16/h2-3,8,11H,4-5,13H2,1H3/p+1/t8?,11-,15?/m0/s1. The number of nitrogens with two attached hydrogens (primary N) is 1. The van der Waals surface area contributed by atoms with E-state index in [1.165, 1.54) is 11.5 Å². The predicted molar refractivity (Wildman–Crippen MR) is 82.9 cm³/mol. The van der Waals surface area contributed by atoms with Crippen molar-refractivity contribution in [3.63, 3.8) is 0 Å². The summed E-state index contributed by atoms with van der Waals surface area (Å²) in [5.41, 5.74) is 6.80. The summed E-state index contributed by atoms with van der Waals surface area (Å²) in [4.78, 5) is 23.8. The van der Waals surface area contributed by atoms with Gasteiger partial charge in [-0.15, -0.1) is 11.8 Å². The smallest absolute Gasteiger partial charge is 0.390 e. The second kappa shape index (κ2) is 5.40. The Morgan fingerprint density at radius 3 is 3.05 bits per heavy atom. The molecule has 0 aromatic carbocycles. The summed E-state index contributed by atoms with van der Waals surface area (Å²) in [7, 11) is 1.66. The summed E-state index contributed by atoms with van der Waals surface area (Å²) in [6, 6.07) is 1.33. The number of rotatable bonds is 4. The molecule has 1 saturated heterocycles. The number of carboxylic acids is 1. The van der Waals surface area contributed by atoms with Crippen molar-refractivity contribution < 1.29 is 19.2 Å². The number of hydrogen-bond donors (Lipinski definition) is 2. The van der Waals surface area contributed by atoms with Gasteiger partial charge in [0.15, 0.2) is 11.4 Å². The third-order valence-electron chi connectivity index (χ3n) is 3.79. The number of quaternary nitrogens is 1. The molecule has 21 heavy (non-hydrogen) atoms. The molecule has 3 heterocycles. The van der Waals surface area contributed by atoms with E-state index in [1.807, 2.05) is 6.07 Å². The molecule has 0 spiro atoms. The van der Waals surface area contributed by atoms with E-state index in [9.17, 15) is 14.7 Å². The van der Waals surface area contributed by atoms with Crippen molar-refractivity contribution in [3.05, 3.63) is 23.5 Å². The van der Waals surface area contributed by atoms with Crippen LogP contribution < -0.4 is 5.73 Å². The second-order valence-electron chi connectivity index (χ2n) is 5.02. The van der Waals surface area contributed by atoms with Gasteiger partial charge in [-0.1, -0.05) is 11.8 Å². The molecule has 1 fully saturated rings. The van der Waals surface area contributed by atoms with Gasteiger partial charge in [-0.3, -0.25) is 0 Å². The third-order valence-corrected chi connectivity index (χ3v) is 7.40. The van der Waals surface area contributed by atoms with Crippen molar-refractivity contribution >= 4 is 46.9 Å². The van der Waals surface area contributed by atoms with Crippen molar-refractivity contribution in [2.45, 2.75) is 15.6 Å².